The molecule has 0 aromatic rings. The van der Waals surface area contributed by atoms with Gasteiger partial charge in [-0.05, 0) is 25.7 Å². The van der Waals surface area contributed by atoms with E-state index in [2.05, 4.69) is 11.8 Å². The SMILES string of the molecule is C#C/C1=C(\C#C)CCCCCCCC1. The smallest absolute Gasteiger partial charge is 0.0133 e. The van der Waals surface area contributed by atoms with Crippen molar-refractivity contribution in [3.8, 4) is 24.7 Å². The standard InChI is InChI=1S/C14H18/c1-3-13-11-9-7-5-6-8-10-12-14(13)4-2/h1-2H,5-12H2/b14-13-. The maximum absolute atomic E-state index is 5.48. The van der Waals surface area contributed by atoms with Gasteiger partial charge in [-0.25, -0.2) is 0 Å². The molecule has 14 heavy (non-hydrogen) atoms. The Bertz CT molecular complexity index is 250. The Morgan fingerprint density at radius 3 is 1.36 bits per heavy atom. The fourth-order valence-electron chi connectivity index (χ4n) is 1.93. The van der Waals surface area contributed by atoms with E-state index >= 15 is 0 Å². The molecule has 0 aromatic carbocycles. The van der Waals surface area contributed by atoms with Crippen LogP contribution in [-0.2, 0) is 0 Å². The van der Waals surface area contributed by atoms with E-state index < -0.39 is 0 Å². The Morgan fingerprint density at radius 1 is 0.643 bits per heavy atom. The molecule has 0 saturated heterocycles. The van der Waals surface area contributed by atoms with Gasteiger partial charge in [0, 0.05) is 11.1 Å². The van der Waals surface area contributed by atoms with E-state index in [0.717, 1.165) is 24.0 Å². The molecule has 74 valence electrons. The molecule has 1 aliphatic rings. The molecule has 0 radical (unpaired) electrons. The Morgan fingerprint density at radius 2 is 1.00 bits per heavy atom. The molecule has 1 rings (SSSR count). The van der Waals surface area contributed by atoms with Crippen molar-refractivity contribution >= 4 is 0 Å². The van der Waals surface area contributed by atoms with Crippen molar-refractivity contribution in [1.29, 1.82) is 0 Å². The number of rotatable bonds is 0. The zero-order chi connectivity index (χ0) is 10.2. The summed E-state index contributed by atoms with van der Waals surface area (Å²) in [6.07, 6.45) is 20.7. The Balaban J connectivity index is 2.71. The molecule has 0 heteroatoms. The molecule has 0 bridgehead atoms. The second-order valence-electron chi connectivity index (χ2n) is 3.87. The van der Waals surface area contributed by atoms with E-state index in [-0.39, 0.29) is 0 Å². The van der Waals surface area contributed by atoms with Crippen molar-refractivity contribution in [2.75, 3.05) is 0 Å². The van der Waals surface area contributed by atoms with Gasteiger partial charge < -0.3 is 0 Å². The van der Waals surface area contributed by atoms with E-state index in [1.54, 1.807) is 0 Å². The summed E-state index contributed by atoms with van der Waals surface area (Å²) in [5.74, 6) is 5.52. The van der Waals surface area contributed by atoms with E-state index in [0.29, 0.717) is 0 Å². The van der Waals surface area contributed by atoms with Crippen LogP contribution in [0.15, 0.2) is 11.1 Å². The molecule has 0 spiro atoms. The first-order valence-corrected chi connectivity index (χ1v) is 5.53. The fraction of sp³-hybridized carbons (Fsp3) is 0.571. The van der Waals surface area contributed by atoms with Gasteiger partial charge in [-0.15, -0.1) is 12.8 Å². The summed E-state index contributed by atoms with van der Waals surface area (Å²) in [4.78, 5) is 0. The van der Waals surface area contributed by atoms with E-state index in [9.17, 15) is 0 Å². The van der Waals surface area contributed by atoms with Gasteiger partial charge in [0.15, 0.2) is 0 Å². The van der Waals surface area contributed by atoms with Gasteiger partial charge in [-0.3, -0.25) is 0 Å². The van der Waals surface area contributed by atoms with Gasteiger partial charge in [0.05, 0.1) is 0 Å². The van der Waals surface area contributed by atoms with Crippen LogP contribution in [-0.4, -0.2) is 0 Å². The molecular weight excluding hydrogens is 168 g/mol. The minimum atomic E-state index is 1.01. The molecule has 0 heterocycles. The summed E-state index contributed by atoms with van der Waals surface area (Å²) in [7, 11) is 0. The van der Waals surface area contributed by atoms with Crippen molar-refractivity contribution in [3.63, 3.8) is 0 Å². The van der Waals surface area contributed by atoms with Crippen molar-refractivity contribution in [1.82, 2.24) is 0 Å². The Hall–Kier alpha value is -1.14. The van der Waals surface area contributed by atoms with E-state index in [1.807, 2.05) is 0 Å². The van der Waals surface area contributed by atoms with Crippen LogP contribution < -0.4 is 0 Å². The number of hydrogen-bond acceptors (Lipinski definition) is 0. The maximum Gasteiger partial charge on any atom is 0.0133 e. The molecule has 1 aliphatic carbocycles. The van der Waals surface area contributed by atoms with Crippen molar-refractivity contribution in [2.24, 2.45) is 0 Å². The van der Waals surface area contributed by atoms with Crippen LogP contribution in [0.25, 0.3) is 0 Å². The topological polar surface area (TPSA) is 0 Å². The fourth-order valence-corrected chi connectivity index (χ4v) is 1.93. The van der Waals surface area contributed by atoms with Crippen LogP contribution in [0.1, 0.15) is 51.4 Å². The predicted octanol–water partition coefficient (Wildman–Crippen LogP) is 3.68. The third-order valence-electron chi connectivity index (χ3n) is 2.82. The molecule has 0 aliphatic heterocycles. The van der Waals surface area contributed by atoms with E-state index in [1.165, 1.54) is 38.5 Å². The number of terminal acetylenes is 2. The molecule has 0 amide bonds. The van der Waals surface area contributed by atoms with Gasteiger partial charge in [0.2, 0.25) is 0 Å². The first kappa shape index (κ1) is 10.9. The minimum Gasteiger partial charge on any atom is -0.115 e. The lowest BCUT2D eigenvalue weighted by molar-refractivity contribution is 0.585. The lowest BCUT2D eigenvalue weighted by atomic mass is 9.95. The number of hydrogen-bond donors (Lipinski definition) is 0. The van der Waals surface area contributed by atoms with Crippen LogP contribution in [0, 0.1) is 24.7 Å². The summed E-state index contributed by atoms with van der Waals surface area (Å²) in [5, 5.41) is 0. The highest BCUT2D eigenvalue weighted by molar-refractivity contribution is 5.40. The minimum absolute atomic E-state index is 1.01. The lowest BCUT2D eigenvalue weighted by Gasteiger charge is -2.09. The van der Waals surface area contributed by atoms with Gasteiger partial charge in [-0.1, -0.05) is 37.5 Å². The quantitative estimate of drug-likeness (QED) is 0.506. The van der Waals surface area contributed by atoms with Crippen molar-refractivity contribution in [3.05, 3.63) is 11.1 Å². The first-order valence-electron chi connectivity index (χ1n) is 5.53. The van der Waals surface area contributed by atoms with Crippen molar-refractivity contribution < 1.29 is 0 Å². The molecule has 0 atom stereocenters. The van der Waals surface area contributed by atoms with Gasteiger partial charge >= 0.3 is 0 Å². The Kier molecular flexibility index (Phi) is 4.95. The highest BCUT2D eigenvalue weighted by atomic mass is 14.1. The molecule has 0 aromatic heterocycles. The van der Waals surface area contributed by atoms with Crippen LogP contribution in [0.5, 0.6) is 0 Å². The highest BCUT2D eigenvalue weighted by Gasteiger charge is 2.05. The second-order valence-corrected chi connectivity index (χ2v) is 3.87. The monoisotopic (exact) mass is 186 g/mol. The molecule has 0 saturated carbocycles. The zero-order valence-electron chi connectivity index (χ0n) is 8.81. The summed E-state index contributed by atoms with van der Waals surface area (Å²) in [5.41, 5.74) is 2.16. The third-order valence-corrected chi connectivity index (χ3v) is 2.82. The summed E-state index contributed by atoms with van der Waals surface area (Å²) in [6.45, 7) is 0. The normalized spacial score (nSPS) is 24.7. The first-order chi connectivity index (χ1) is 6.88. The largest absolute Gasteiger partial charge is 0.115 e. The summed E-state index contributed by atoms with van der Waals surface area (Å²) < 4.78 is 0. The average molecular weight is 186 g/mol. The molecule has 0 nitrogen and oxygen atoms in total. The molecule has 0 fully saturated rings. The molecule has 0 unspecified atom stereocenters. The van der Waals surface area contributed by atoms with E-state index in [4.69, 9.17) is 12.8 Å². The van der Waals surface area contributed by atoms with Crippen molar-refractivity contribution in [2.45, 2.75) is 51.4 Å². The average Bonchev–Trinajstić information content (AvgIpc) is 2.24. The summed E-state index contributed by atoms with van der Waals surface area (Å²) in [6, 6.07) is 0. The van der Waals surface area contributed by atoms with Crippen LogP contribution in [0.4, 0.5) is 0 Å². The maximum atomic E-state index is 5.48. The van der Waals surface area contributed by atoms with Gasteiger partial charge in [0.1, 0.15) is 0 Å². The van der Waals surface area contributed by atoms with Crippen LogP contribution >= 0.6 is 0 Å². The zero-order valence-corrected chi connectivity index (χ0v) is 8.81. The molecule has 0 N–H and O–H groups in total. The van der Waals surface area contributed by atoms with Crippen LogP contribution in [0.3, 0.4) is 0 Å². The summed E-state index contributed by atoms with van der Waals surface area (Å²) >= 11 is 0. The Labute approximate surface area is 87.8 Å². The molecular formula is C14H18. The highest BCUT2D eigenvalue weighted by Crippen LogP contribution is 2.21. The third kappa shape index (κ3) is 3.31. The lowest BCUT2D eigenvalue weighted by Crippen LogP contribution is -1.93. The van der Waals surface area contributed by atoms with Crippen LogP contribution in [0.2, 0.25) is 0 Å². The number of allylic oxidation sites excluding steroid dienone is 2. The predicted molar refractivity (Wildman–Crippen MR) is 61.6 cm³/mol. The van der Waals surface area contributed by atoms with Gasteiger partial charge in [-0.2, -0.15) is 0 Å². The van der Waals surface area contributed by atoms with Gasteiger partial charge in [0.25, 0.3) is 0 Å². The second kappa shape index (κ2) is 6.33.